The average molecular weight is 178 g/mol. The first-order valence-electron chi connectivity index (χ1n) is 4.19. The number of ether oxygens (including phenoxy) is 1. The van der Waals surface area contributed by atoms with E-state index < -0.39 is 0 Å². The Balaban J connectivity index is 3.03. The van der Waals surface area contributed by atoms with Gasteiger partial charge >= 0.3 is 0 Å². The van der Waals surface area contributed by atoms with Gasteiger partial charge in [0.2, 0.25) is 0 Å². The SMILES string of the molecule is C=C[C@@H](CO)c1ccccc1OC. The molecule has 1 aromatic rings. The van der Waals surface area contributed by atoms with Gasteiger partial charge in [0.15, 0.2) is 0 Å². The summed E-state index contributed by atoms with van der Waals surface area (Å²) in [6, 6.07) is 7.63. The molecule has 1 rings (SSSR count). The van der Waals surface area contributed by atoms with Crippen LogP contribution in [-0.4, -0.2) is 18.8 Å². The van der Waals surface area contributed by atoms with Crippen LogP contribution in [0.2, 0.25) is 0 Å². The molecule has 0 heterocycles. The van der Waals surface area contributed by atoms with Gasteiger partial charge in [-0.3, -0.25) is 0 Å². The summed E-state index contributed by atoms with van der Waals surface area (Å²) >= 11 is 0. The van der Waals surface area contributed by atoms with Gasteiger partial charge in [0.25, 0.3) is 0 Å². The van der Waals surface area contributed by atoms with E-state index in [1.54, 1.807) is 13.2 Å². The number of methoxy groups -OCH3 is 1. The number of rotatable bonds is 4. The van der Waals surface area contributed by atoms with E-state index in [0.717, 1.165) is 11.3 Å². The number of hydrogen-bond donors (Lipinski definition) is 1. The number of aliphatic hydroxyl groups excluding tert-OH is 1. The van der Waals surface area contributed by atoms with Crippen LogP contribution >= 0.6 is 0 Å². The van der Waals surface area contributed by atoms with Crippen LogP contribution < -0.4 is 4.74 Å². The average Bonchev–Trinajstić information content (AvgIpc) is 2.20. The zero-order chi connectivity index (χ0) is 9.68. The molecule has 1 N–H and O–H groups in total. The zero-order valence-corrected chi connectivity index (χ0v) is 7.73. The van der Waals surface area contributed by atoms with Gasteiger partial charge in [-0.2, -0.15) is 0 Å². The van der Waals surface area contributed by atoms with Crippen molar-refractivity contribution in [3.63, 3.8) is 0 Å². The third kappa shape index (κ3) is 2.10. The summed E-state index contributed by atoms with van der Waals surface area (Å²) in [5.41, 5.74) is 0.975. The third-order valence-corrected chi connectivity index (χ3v) is 2.02. The molecule has 13 heavy (non-hydrogen) atoms. The lowest BCUT2D eigenvalue weighted by molar-refractivity contribution is 0.280. The molecule has 0 aliphatic carbocycles. The molecule has 0 aliphatic rings. The van der Waals surface area contributed by atoms with E-state index in [2.05, 4.69) is 6.58 Å². The normalized spacial score (nSPS) is 12.2. The van der Waals surface area contributed by atoms with Crippen molar-refractivity contribution in [2.24, 2.45) is 0 Å². The molecule has 0 saturated carbocycles. The van der Waals surface area contributed by atoms with E-state index >= 15 is 0 Å². The van der Waals surface area contributed by atoms with Gasteiger partial charge in [0.05, 0.1) is 13.7 Å². The molecule has 0 aromatic heterocycles. The molecule has 1 aromatic carbocycles. The molecule has 2 nitrogen and oxygen atoms in total. The Morgan fingerprint density at radius 1 is 1.54 bits per heavy atom. The van der Waals surface area contributed by atoms with Crippen LogP contribution in [0.25, 0.3) is 0 Å². The van der Waals surface area contributed by atoms with E-state index in [9.17, 15) is 0 Å². The lowest BCUT2D eigenvalue weighted by Crippen LogP contribution is -2.02. The molecule has 0 aliphatic heterocycles. The summed E-state index contributed by atoms with van der Waals surface area (Å²) in [7, 11) is 1.62. The Morgan fingerprint density at radius 3 is 2.77 bits per heavy atom. The topological polar surface area (TPSA) is 29.5 Å². The summed E-state index contributed by atoms with van der Waals surface area (Å²) in [6.45, 7) is 3.73. The minimum Gasteiger partial charge on any atom is -0.496 e. The van der Waals surface area contributed by atoms with E-state index in [1.165, 1.54) is 0 Å². The zero-order valence-electron chi connectivity index (χ0n) is 7.73. The predicted octanol–water partition coefficient (Wildman–Crippen LogP) is 1.96. The van der Waals surface area contributed by atoms with Crippen LogP contribution in [0.1, 0.15) is 11.5 Å². The first-order chi connectivity index (χ1) is 6.33. The van der Waals surface area contributed by atoms with Gasteiger partial charge in [0.1, 0.15) is 5.75 Å². The highest BCUT2D eigenvalue weighted by molar-refractivity contribution is 5.38. The number of benzene rings is 1. The summed E-state index contributed by atoms with van der Waals surface area (Å²) in [5.74, 6) is 0.748. The Bertz CT molecular complexity index is 281. The quantitative estimate of drug-likeness (QED) is 0.714. The van der Waals surface area contributed by atoms with Crippen molar-refractivity contribution >= 4 is 0 Å². The maximum absolute atomic E-state index is 9.07. The molecule has 1 atom stereocenters. The minimum atomic E-state index is -0.0452. The van der Waals surface area contributed by atoms with Crippen molar-refractivity contribution < 1.29 is 9.84 Å². The van der Waals surface area contributed by atoms with Crippen LogP contribution in [0.15, 0.2) is 36.9 Å². The van der Waals surface area contributed by atoms with Gasteiger partial charge in [0, 0.05) is 11.5 Å². The Morgan fingerprint density at radius 2 is 2.23 bits per heavy atom. The maximum atomic E-state index is 9.07. The molecule has 70 valence electrons. The monoisotopic (exact) mass is 178 g/mol. The molecular weight excluding hydrogens is 164 g/mol. The second kappa shape index (κ2) is 4.67. The smallest absolute Gasteiger partial charge is 0.122 e. The van der Waals surface area contributed by atoms with Gasteiger partial charge in [-0.1, -0.05) is 24.3 Å². The summed E-state index contributed by atoms with van der Waals surface area (Å²) in [6.07, 6.45) is 1.72. The molecule has 0 bridgehead atoms. The lowest BCUT2D eigenvalue weighted by Gasteiger charge is -2.13. The maximum Gasteiger partial charge on any atom is 0.122 e. The first-order valence-corrected chi connectivity index (χ1v) is 4.19. The molecular formula is C11H14O2. The van der Waals surface area contributed by atoms with Crippen molar-refractivity contribution in [2.75, 3.05) is 13.7 Å². The molecule has 2 heteroatoms. The van der Waals surface area contributed by atoms with E-state index in [4.69, 9.17) is 9.84 Å². The van der Waals surface area contributed by atoms with E-state index in [1.807, 2.05) is 24.3 Å². The largest absolute Gasteiger partial charge is 0.496 e. The molecule has 0 amide bonds. The summed E-state index contributed by atoms with van der Waals surface area (Å²) < 4.78 is 5.17. The van der Waals surface area contributed by atoms with Crippen molar-refractivity contribution in [1.29, 1.82) is 0 Å². The second-order valence-corrected chi connectivity index (χ2v) is 2.77. The van der Waals surface area contributed by atoms with Crippen LogP contribution in [0.3, 0.4) is 0 Å². The van der Waals surface area contributed by atoms with Crippen LogP contribution in [0, 0.1) is 0 Å². The Labute approximate surface area is 78.5 Å². The molecule has 0 unspecified atom stereocenters. The van der Waals surface area contributed by atoms with Crippen LogP contribution in [0.4, 0.5) is 0 Å². The lowest BCUT2D eigenvalue weighted by atomic mass is 9.99. The first kappa shape index (κ1) is 9.81. The van der Waals surface area contributed by atoms with Crippen molar-refractivity contribution in [3.8, 4) is 5.75 Å². The van der Waals surface area contributed by atoms with Gasteiger partial charge in [-0.15, -0.1) is 6.58 Å². The number of para-hydroxylation sites is 1. The van der Waals surface area contributed by atoms with Crippen molar-refractivity contribution in [2.45, 2.75) is 5.92 Å². The summed E-state index contributed by atoms with van der Waals surface area (Å²) in [5, 5.41) is 9.07. The highest BCUT2D eigenvalue weighted by atomic mass is 16.5. The Hall–Kier alpha value is -1.28. The fraction of sp³-hybridized carbons (Fsp3) is 0.273. The summed E-state index contributed by atoms with van der Waals surface area (Å²) in [4.78, 5) is 0. The Kier molecular flexibility index (Phi) is 3.53. The van der Waals surface area contributed by atoms with Crippen LogP contribution in [-0.2, 0) is 0 Å². The third-order valence-electron chi connectivity index (χ3n) is 2.02. The van der Waals surface area contributed by atoms with Crippen molar-refractivity contribution in [3.05, 3.63) is 42.5 Å². The standard InChI is InChI=1S/C11H14O2/c1-3-9(8-12)10-6-4-5-7-11(10)13-2/h3-7,9,12H,1,8H2,2H3/t9-/m0/s1. The number of aliphatic hydroxyl groups is 1. The molecule has 0 spiro atoms. The van der Waals surface area contributed by atoms with Gasteiger partial charge < -0.3 is 9.84 Å². The second-order valence-electron chi connectivity index (χ2n) is 2.77. The molecule has 0 radical (unpaired) electrons. The highest BCUT2D eigenvalue weighted by Gasteiger charge is 2.10. The van der Waals surface area contributed by atoms with Gasteiger partial charge in [-0.25, -0.2) is 0 Å². The molecule has 0 saturated heterocycles. The number of hydrogen-bond acceptors (Lipinski definition) is 2. The molecule has 0 fully saturated rings. The minimum absolute atomic E-state index is 0.0452. The van der Waals surface area contributed by atoms with Crippen molar-refractivity contribution in [1.82, 2.24) is 0 Å². The van der Waals surface area contributed by atoms with Crippen LogP contribution in [0.5, 0.6) is 5.75 Å². The predicted molar refractivity (Wildman–Crippen MR) is 53.0 cm³/mol. The van der Waals surface area contributed by atoms with Gasteiger partial charge in [-0.05, 0) is 6.07 Å². The van der Waals surface area contributed by atoms with E-state index in [0.29, 0.717) is 0 Å². The fourth-order valence-corrected chi connectivity index (χ4v) is 1.27. The fourth-order valence-electron chi connectivity index (χ4n) is 1.27. The highest BCUT2D eigenvalue weighted by Crippen LogP contribution is 2.26. The van der Waals surface area contributed by atoms with E-state index in [-0.39, 0.29) is 12.5 Å².